The molecule has 2 unspecified atom stereocenters. The highest BCUT2D eigenvalue weighted by Crippen LogP contribution is 2.16. The number of carbonyl (C=O) groups is 2. The summed E-state index contributed by atoms with van der Waals surface area (Å²) in [4.78, 5) is 20.6. The highest BCUT2D eigenvalue weighted by atomic mass is 16.4. The van der Waals surface area contributed by atoms with Crippen molar-refractivity contribution in [1.82, 2.24) is 0 Å². The Labute approximate surface area is 71.2 Å². The lowest BCUT2D eigenvalue weighted by atomic mass is 9.92. The smallest absolute Gasteiger partial charge is 0.306 e. The number of carboxylic acids is 2. The van der Waals surface area contributed by atoms with Gasteiger partial charge < -0.3 is 10.2 Å². The van der Waals surface area contributed by atoms with E-state index in [-0.39, 0.29) is 12.3 Å². The van der Waals surface area contributed by atoms with E-state index in [9.17, 15) is 9.59 Å². The maximum absolute atomic E-state index is 10.4. The summed E-state index contributed by atoms with van der Waals surface area (Å²) in [7, 11) is 0. The standard InChI is InChI=1S/C8H14O4/c1-5(3-4-7(9)10)6(2)8(11)12/h5-6H,3-4H2,1-2H3,(H,9,10)(H,11,12). The van der Waals surface area contributed by atoms with Gasteiger partial charge in [-0.25, -0.2) is 0 Å². The van der Waals surface area contributed by atoms with E-state index < -0.39 is 17.9 Å². The minimum atomic E-state index is -0.876. The fraction of sp³-hybridized carbons (Fsp3) is 0.750. The zero-order chi connectivity index (χ0) is 9.72. The molecule has 0 aliphatic heterocycles. The van der Waals surface area contributed by atoms with E-state index >= 15 is 0 Å². The Morgan fingerprint density at radius 3 is 2.08 bits per heavy atom. The Morgan fingerprint density at radius 1 is 1.25 bits per heavy atom. The third-order valence-corrected chi connectivity index (χ3v) is 2.06. The third-order valence-electron chi connectivity index (χ3n) is 2.06. The average molecular weight is 174 g/mol. The van der Waals surface area contributed by atoms with Crippen LogP contribution >= 0.6 is 0 Å². The molecule has 0 saturated carbocycles. The SMILES string of the molecule is CC(CCC(=O)O)C(C)C(=O)O. The van der Waals surface area contributed by atoms with E-state index in [0.717, 1.165) is 0 Å². The van der Waals surface area contributed by atoms with E-state index in [0.29, 0.717) is 6.42 Å². The molecule has 0 aromatic rings. The molecular formula is C8H14O4. The first kappa shape index (κ1) is 10.9. The second kappa shape index (κ2) is 4.74. The van der Waals surface area contributed by atoms with Gasteiger partial charge in [0.15, 0.2) is 0 Å². The van der Waals surface area contributed by atoms with Crippen molar-refractivity contribution in [3.8, 4) is 0 Å². The lowest BCUT2D eigenvalue weighted by Crippen LogP contribution is -2.18. The monoisotopic (exact) mass is 174 g/mol. The number of hydrogen-bond donors (Lipinski definition) is 2. The van der Waals surface area contributed by atoms with E-state index in [1.165, 1.54) is 0 Å². The molecule has 2 atom stereocenters. The molecule has 0 bridgehead atoms. The number of aliphatic carboxylic acids is 2. The number of hydrogen-bond acceptors (Lipinski definition) is 2. The fourth-order valence-corrected chi connectivity index (χ4v) is 0.845. The molecular weight excluding hydrogens is 160 g/mol. The Balaban J connectivity index is 3.79. The second-order valence-corrected chi connectivity index (χ2v) is 3.04. The van der Waals surface area contributed by atoms with E-state index in [1.807, 2.05) is 0 Å². The maximum atomic E-state index is 10.4. The van der Waals surface area contributed by atoms with Crippen molar-refractivity contribution in [3.05, 3.63) is 0 Å². The summed E-state index contributed by atoms with van der Waals surface area (Å²) in [5.74, 6) is -2.30. The first-order valence-corrected chi connectivity index (χ1v) is 3.89. The zero-order valence-corrected chi connectivity index (χ0v) is 7.28. The normalized spacial score (nSPS) is 15.2. The molecule has 0 heterocycles. The van der Waals surface area contributed by atoms with Crippen LogP contribution in [-0.4, -0.2) is 22.2 Å². The van der Waals surface area contributed by atoms with Crippen molar-refractivity contribution in [2.45, 2.75) is 26.7 Å². The molecule has 0 aromatic heterocycles. The van der Waals surface area contributed by atoms with Gasteiger partial charge in [0.05, 0.1) is 5.92 Å². The van der Waals surface area contributed by atoms with E-state index in [2.05, 4.69) is 0 Å². The lowest BCUT2D eigenvalue weighted by molar-refractivity contribution is -0.144. The molecule has 0 fully saturated rings. The van der Waals surface area contributed by atoms with Crippen LogP contribution in [0.25, 0.3) is 0 Å². The van der Waals surface area contributed by atoms with Crippen LogP contribution in [0.1, 0.15) is 26.7 Å². The quantitative estimate of drug-likeness (QED) is 0.656. The van der Waals surface area contributed by atoms with Gasteiger partial charge in [-0.1, -0.05) is 13.8 Å². The van der Waals surface area contributed by atoms with Crippen molar-refractivity contribution in [2.24, 2.45) is 11.8 Å². The summed E-state index contributed by atoms with van der Waals surface area (Å²) >= 11 is 0. The Bertz CT molecular complexity index is 176. The molecule has 0 rings (SSSR count). The summed E-state index contributed by atoms with van der Waals surface area (Å²) < 4.78 is 0. The molecule has 0 spiro atoms. The predicted octanol–water partition coefficient (Wildman–Crippen LogP) is 1.21. The molecule has 12 heavy (non-hydrogen) atoms. The molecule has 0 aromatic carbocycles. The molecule has 2 N–H and O–H groups in total. The van der Waals surface area contributed by atoms with Gasteiger partial charge in [-0.15, -0.1) is 0 Å². The van der Waals surface area contributed by atoms with Gasteiger partial charge in [0, 0.05) is 6.42 Å². The molecule has 4 nitrogen and oxygen atoms in total. The molecule has 0 aliphatic carbocycles. The van der Waals surface area contributed by atoms with Gasteiger partial charge in [-0.05, 0) is 12.3 Å². The van der Waals surface area contributed by atoms with Crippen molar-refractivity contribution >= 4 is 11.9 Å². The summed E-state index contributed by atoms with van der Waals surface area (Å²) in [5, 5.41) is 16.9. The van der Waals surface area contributed by atoms with Gasteiger partial charge in [-0.3, -0.25) is 9.59 Å². The molecule has 4 heteroatoms. The fourth-order valence-electron chi connectivity index (χ4n) is 0.845. The number of carboxylic acid groups (broad SMARTS) is 2. The van der Waals surface area contributed by atoms with E-state index in [4.69, 9.17) is 10.2 Å². The van der Waals surface area contributed by atoms with Gasteiger partial charge in [0.25, 0.3) is 0 Å². The molecule has 0 radical (unpaired) electrons. The van der Waals surface area contributed by atoms with Crippen LogP contribution in [0.2, 0.25) is 0 Å². The van der Waals surface area contributed by atoms with Gasteiger partial charge in [-0.2, -0.15) is 0 Å². The Morgan fingerprint density at radius 2 is 1.75 bits per heavy atom. The second-order valence-electron chi connectivity index (χ2n) is 3.04. The zero-order valence-electron chi connectivity index (χ0n) is 7.28. The minimum Gasteiger partial charge on any atom is -0.481 e. The number of rotatable bonds is 5. The minimum absolute atomic E-state index is 0.0405. The van der Waals surface area contributed by atoms with Crippen molar-refractivity contribution < 1.29 is 19.8 Å². The first-order chi connectivity index (χ1) is 5.45. The first-order valence-electron chi connectivity index (χ1n) is 3.89. The maximum Gasteiger partial charge on any atom is 0.306 e. The lowest BCUT2D eigenvalue weighted by Gasteiger charge is -2.13. The van der Waals surface area contributed by atoms with Gasteiger partial charge >= 0.3 is 11.9 Å². The topological polar surface area (TPSA) is 74.6 Å². The highest BCUT2D eigenvalue weighted by molar-refractivity contribution is 5.70. The molecule has 0 aliphatic rings. The molecule has 0 amide bonds. The highest BCUT2D eigenvalue weighted by Gasteiger charge is 2.19. The van der Waals surface area contributed by atoms with Crippen molar-refractivity contribution in [2.75, 3.05) is 0 Å². The summed E-state index contributed by atoms with van der Waals surface area (Å²) in [6.07, 6.45) is 0.460. The van der Waals surface area contributed by atoms with Crippen LogP contribution in [0.5, 0.6) is 0 Å². The molecule has 0 saturated heterocycles. The van der Waals surface area contributed by atoms with E-state index in [1.54, 1.807) is 13.8 Å². The van der Waals surface area contributed by atoms with Crippen molar-refractivity contribution in [1.29, 1.82) is 0 Å². The third kappa shape index (κ3) is 3.95. The van der Waals surface area contributed by atoms with Crippen LogP contribution in [-0.2, 0) is 9.59 Å². The summed E-state index contributed by atoms with van der Waals surface area (Å²) in [6.45, 7) is 3.34. The van der Waals surface area contributed by atoms with Crippen LogP contribution in [0.15, 0.2) is 0 Å². The van der Waals surface area contributed by atoms with Crippen LogP contribution in [0.4, 0.5) is 0 Å². The largest absolute Gasteiger partial charge is 0.481 e. The van der Waals surface area contributed by atoms with Crippen molar-refractivity contribution in [3.63, 3.8) is 0 Å². The van der Waals surface area contributed by atoms with Crippen LogP contribution in [0, 0.1) is 11.8 Å². The van der Waals surface area contributed by atoms with Gasteiger partial charge in [0.2, 0.25) is 0 Å². The predicted molar refractivity (Wildman–Crippen MR) is 42.8 cm³/mol. The molecule has 70 valence electrons. The van der Waals surface area contributed by atoms with Crippen LogP contribution in [0.3, 0.4) is 0 Å². The summed E-state index contributed by atoms with van der Waals surface area (Å²) in [5.41, 5.74) is 0. The summed E-state index contributed by atoms with van der Waals surface area (Å²) in [6, 6.07) is 0. The Hall–Kier alpha value is -1.06. The average Bonchev–Trinajstić information content (AvgIpc) is 1.98. The van der Waals surface area contributed by atoms with Crippen LogP contribution < -0.4 is 0 Å². The Kier molecular flexibility index (Phi) is 4.33. The van der Waals surface area contributed by atoms with Gasteiger partial charge in [0.1, 0.15) is 0 Å².